The van der Waals surface area contributed by atoms with Crippen LogP contribution < -0.4 is 5.32 Å². The van der Waals surface area contributed by atoms with Crippen molar-refractivity contribution < 1.29 is 19.1 Å². The third-order valence-corrected chi connectivity index (χ3v) is 5.22. The third kappa shape index (κ3) is 7.31. The Hall–Kier alpha value is -3.93. The predicted octanol–water partition coefficient (Wildman–Crippen LogP) is 4.14. The summed E-state index contributed by atoms with van der Waals surface area (Å²) in [7, 11) is 0. The van der Waals surface area contributed by atoms with Crippen LogP contribution in [0.2, 0.25) is 0 Å². The number of carbonyl (C=O) groups is 3. The summed E-state index contributed by atoms with van der Waals surface area (Å²) < 4.78 is 5.28. The van der Waals surface area contributed by atoms with Crippen molar-refractivity contribution in [1.82, 2.24) is 10.2 Å². The van der Waals surface area contributed by atoms with Crippen molar-refractivity contribution in [2.75, 3.05) is 13.2 Å². The first-order valence-corrected chi connectivity index (χ1v) is 10.9. The summed E-state index contributed by atoms with van der Waals surface area (Å²) in [6.07, 6.45) is -0.0827. The van der Waals surface area contributed by atoms with E-state index in [1.807, 2.05) is 73.7 Å². The first-order chi connectivity index (χ1) is 16.1. The molecule has 0 aliphatic carbocycles. The van der Waals surface area contributed by atoms with Crippen LogP contribution in [-0.2, 0) is 20.9 Å². The molecule has 0 aliphatic rings. The molecule has 1 atom stereocenters. The Labute approximate surface area is 194 Å². The first-order valence-electron chi connectivity index (χ1n) is 10.9. The number of likely N-dealkylation sites (N-methyl/N-ethyl adjacent to an activating group) is 1. The van der Waals surface area contributed by atoms with Crippen molar-refractivity contribution in [1.29, 1.82) is 0 Å². The molecule has 0 heterocycles. The molecular weight excluding hydrogens is 416 g/mol. The summed E-state index contributed by atoms with van der Waals surface area (Å²) in [5.74, 6) is -1.10. The monoisotopic (exact) mass is 444 g/mol. The molecule has 1 N–H and O–H groups in total. The fourth-order valence-electron chi connectivity index (χ4n) is 3.41. The lowest BCUT2D eigenvalue weighted by molar-refractivity contribution is -0.152. The van der Waals surface area contributed by atoms with Gasteiger partial charge in [0.15, 0.2) is 6.61 Å². The molecular formula is C27H28N2O4. The molecule has 0 bridgehead atoms. The number of benzene rings is 3. The summed E-state index contributed by atoms with van der Waals surface area (Å²) in [6, 6.07) is 27.1. The molecule has 0 fully saturated rings. The number of amides is 2. The van der Waals surface area contributed by atoms with E-state index in [1.54, 1.807) is 29.2 Å². The molecule has 170 valence electrons. The highest BCUT2D eigenvalue weighted by Gasteiger charge is 2.21. The van der Waals surface area contributed by atoms with Crippen molar-refractivity contribution in [3.8, 4) is 0 Å². The molecule has 3 rings (SSSR count). The van der Waals surface area contributed by atoms with Gasteiger partial charge in [-0.05, 0) is 30.2 Å². The number of ether oxygens (including phenoxy) is 1. The Morgan fingerprint density at radius 2 is 1.42 bits per heavy atom. The summed E-state index contributed by atoms with van der Waals surface area (Å²) in [5.41, 5.74) is 2.29. The van der Waals surface area contributed by atoms with Crippen LogP contribution in [0.25, 0.3) is 0 Å². The van der Waals surface area contributed by atoms with Gasteiger partial charge in [0.25, 0.3) is 11.8 Å². The number of esters is 1. The lowest BCUT2D eigenvalue weighted by Crippen LogP contribution is -2.35. The van der Waals surface area contributed by atoms with Gasteiger partial charge in [-0.15, -0.1) is 0 Å². The Morgan fingerprint density at radius 3 is 2.03 bits per heavy atom. The van der Waals surface area contributed by atoms with Crippen LogP contribution in [0.15, 0.2) is 91.0 Å². The smallest absolute Gasteiger partial charge is 0.308 e. The van der Waals surface area contributed by atoms with E-state index in [-0.39, 0.29) is 24.8 Å². The maximum atomic E-state index is 12.7. The molecule has 1 unspecified atom stereocenters. The summed E-state index contributed by atoms with van der Waals surface area (Å²) >= 11 is 0. The van der Waals surface area contributed by atoms with E-state index >= 15 is 0 Å². The van der Waals surface area contributed by atoms with Crippen molar-refractivity contribution >= 4 is 17.8 Å². The van der Waals surface area contributed by atoms with E-state index in [1.165, 1.54) is 0 Å². The normalized spacial score (nSPS) is 11.3. The SMILES string of the molecule is CCN(Cc1ccccc1)C(=O)COC(=O)CC(NC(=O)c1ccccc1)c1ccccc1. The maximum absolute atomic E-state index is 12.7. The first kappa shape index (κ1) is 23.7. The Morgan fingerprint density at radius 1 is 0.848 bits per heavy atom. The highest BCUT2D eigenvalue weighted by molar-refractivity contribution is 5.94. The second-order valence-corrected chi connectivity index (χ2v) is 7.56. The minimum absolute atomic E-state index is 0.0827. The Balaban J connectivity index is 1.59. The van der Waals surface area contributed by atoms with Crippen LogP contribution in [0.1, 0.15) is 40.9 Å². The van der Waals surface area contributed by atoms with Crippen LogP contribution >= 0.6 is 0 Å². The van der Waals surface area contributed by atoms with E-state index in [4.69, 9.17) is 4.74 Å². The van der Waals surface area contributed by atoms with E-state index in [9.17, 15) is 14.4 Å². The largest absolute Gasteiger partial charge is 0.455 e. The van der Waals surface area contributed by atoms with Crippen molar-refractivity contribution in [2.24, 2.45) is 0 Å². The molecule has 0 saturated heterocycles. The molecule has 6 nitrogen and oxygen atoms in total. The number of nitrogens with zero attached hydrogens (tertiary/aromatic N) is 1. The molecule has 0 aliphatic heterocycles. The average Bonchev–Trinajstić information content (AvgIpc) is 2.87. The quantitative estimate of drug-likeness (QED) is 0.477. The van der Waals surface area contributed by atoms with Crippen LogP contribution in [0.5, 0.6) is 0 Å². The fraction of sp³-hybridized carbons (Fsp3) is 0.222. The number of carbonyl (C=O) groups excluding carboxylic acids is 3. The molecule has 3 aromatic carbocycles. The van der Waals surface area contributed by atoms with Gasteiger partial charge in [-0.3, -0.25) is 14.4 Å². The van der Waals surface area contributed by atoms with Crippen LogP contribution in [0.3, 0.4) is 0 Å². The number of hydrogen-bond acceptors (Lipinski definition) is 4. The van der Waals surface area contributed by atoms with Gasteiger partial charge >= 0.3 is 5.97 Å². The van der Waals surface area contributed by atoms with E-state index < -0.39 is 12.0 Å². The minimum atomic E-state index is -0.576. The molecule has 6 heteroatoms. The molecule has 0 spiro atoms. The highest BCUT2D eigenvalue weighted by Crippen LogP contribution is 2.18. The fourth-order valence-corrected chi connectivity index (χ4v) is 3.41. The number of hydrogen-bond donors (Lipinski definition) is 1. The molecule has 0 saturated carbocycles. The van der Waals surface area contributed by atoms with Gasteiger partial charge in [0.1, 0.15) is 0 Å². The maximum Gasteiger partial charge on any atom is 0.308 e. The van der Waals surface area contributed by atoms with Gasteiger partial charge in [-0.2, -0.15) is 0 Å². The Kier molecular flexibility index (Phi) is 8.77. The van der Waals surface area contributed by atoms with Gasteiger partial charge in [0.2, 0.25) is 0 Å². The van der Waals surface area contributed by atoms with Crippen LogP contribution in [-0.4, -0.2) is 35.8 Å². The number of nitrogens with one attached hydrogen (secondary N) is 1. The minimum Gasteiger partial charge on any atom is -0.455 e. The second kappa shape index (κ2) is 12.2. The predicted molar refractivity (Wildman–Crippen MR) is 126 cm³/mol. The van der Waals surface area contributed by atoms with Crippen molar-refractivity contribution in [3.05, 3.63) is 108 Å². The standard InChI is InChI=1S/C27H28N2O4/c1-2-29(19-21-12-6-3-7-13-21)25(30)20-33-26(31)18-24(22-14-8-4-9-15-22)28-27(32)23-16-10-5-11-17-23/h3-17,24H,2,18-20H2,1H3,(H,28,32). The molecule has 33 heavy (non-hydrogen) atoms. The van der Waals surface area contributed by atoms with Gasteiger partial charge < -0.3 is 15.0 Å². The van der Waals surface area contributed by atoms with E-state index in [0.29, 0.717) is 18.7 Å². The zero-order chi connectivity index (χ0) is 23.5. The molecule has 0 radical (unpaired) electrons. The van der Waals surface area contributed by atoms with Crippen molar-refractivity contribution in [3.63, 3.8) is 0 Å². The van der Waals surface area contributed by atoms with Crippen molar-refractivity contribution in [2.45, 2.75) is 25.9 Å². The highest BCUT2D eigenvalue weighted by atomic mass is 16.5. The van der Waals surface area contributed by atoms with Crippen LogP contribution in [0, 0.1) is 0 Å². The lowest BCUT2D eigenvalue weighted by Gasteiger charge is -2.22. The van der Waals surface area contributed by atoms with Gasteiger partial charge in [0, 0.05) is 18.7 Å². The summed E-state index contributed by atoms with van der Waals surface area (Å²) in [6.45, 7) is 2.50. The van der Waals surface area contributed by atoms with Gasteiger partial charge in [-0.1, -0.05) is 78.9 Å². The van der Waals surface area contributed by atoms with E-state index in [0.717, 1.165) is 11.1 Å². The van der Waals surface area contributed by atoms with Gasteiger partial charge in [0.05, 0.1) is 12.5 Å². The second-order valence-electron chi connectivity index (χ2n) is 7.56. The molecule has 2 amide bonds. The zero-order valence-electron chi connectivity index (χ0n) is 18.6. The molecule has 3 aromatic rings. The van der Waals surface area contributed by atoms with Crippen LogP contribution in [0.4, 0.5) is 0 Å². The van der Waals surface area contributed by atoms with E-state index in [2.05, 4.69) is 5.32 Å². The molecule has 0 aromatic heterocycles. The zero-order valence-corrected chi connectivity index (χ0v) is 18.6. The lowest BCUT2D eigenvalue weighted by atomic mass is 10.0. The third-order valence-electron chi connectivity index (χ3n) is 5.22. The Bertz CT molecular complexity index is 1040. The average molecular weight is 445 g/mol. The topological polar surface area (TPSA) is 75.7 Å². The summed E-state index contributed by atoms with van der Waals surface area (Å²) in [5, 5.41) is 2.90. The number of rotatable bonds is 10. The van der Waals surface area contributed by atoms with Gasteiger partial charge in [-0.25, -0.2) is 0 Å². The summed E-state index contributed by atoms with van der Waals surface area (Å²) in [4.78, 5) is 39.4.